The predicted octanol–water partition coefficient (Wildman–Crippen LogP) is 3.56. The Bertz CT molecular complexity index is 290. The maximum Gasteiger partial charge on any atom is 0.0273 e. The molecule has 0 aliphatic heterocycles. The van der Waals surface area contributed by atoms with Crippen LogP contribution < -0.4 is 5.73 Å². The summed E-state index contributed by atoms with van der Waals surface area (Å²) in [5.74, 6) is 0.543. The van der Waals surface area contributed by atoms with E-state index >= 15 is 0 Å². The Hall–Kier alpha value is -1.24. The standard InChI is InChI=1S/C13H21N/c1-9(2)7-8-10(3)11(4)12(5)13(6)14/h7-9H,3,6,14H2,1-2,4-5H3/b8-7+,12-11-. The quantitative estimate of drug-likeness (QED) is 0.675. The molecule has 0 aliphatic carbocycles. The Labute approximate surface area is 87.7 Å². The molecule has 0 heterocycles. The lowest BCUT2D eigenvalue weighted by atomic mass is 10.0. The lowest BCUT2D eigenvalue weighted by molar-refractivity contribution is 0.831. The van der Waals surface area contributed by atoms with Gasteiger partial charge in [-0.2, -0.15) is 0 Å². The van der Waals surface area contributed by atoms with Crippen LogP contribution in [-0.2, 0) is 0 Å². The Morgan fingerprint density at radius 2 is 1.64 bits per heavy atom. The van der Waals surface area contributed by atoms with Crippen LogP contribution in [0.15, 0.2) is 47.7 Å². The van der Waals surface area contributed by atoms with Crippen LogP contribution in [0.1, 0.15) is 27.7 Å². The molecule has 78 valence electrons. The van der Waals surface area contributed by atoms with Crippen LogP contribution in [0.5, 0.6) is 0 Å². The van der Waals surface area contributed by atoms with Gasteiger partial charge in [-0.1, -0.05) is 39.2 Å². The molecule has 0 bridgehead atoms. The van der Waals surface area contributed by atoms with Crippen LogP contribution in [0.2, 0.25) is 0 Å². The van der Waals surface area contributed by atoms with Gasteiger partial charge in [0.2, 0.25) is 0 Å². The van der Waals surface area contributed by atoms with Gasteiger partial charge in [0.1, 0.15) is 0 Å². The number of hydrogen-bond donors (Lipinski definition) is 1. The third-order valence-corrected chi connectivity index (χ3v) is 2.21. The summed E-state index contributed by atoms with van der Waals surface area (Å²) in [6.45, 7) is 15.9. The van der Waals surface area contributed by atoms with Crippen molar-refractivity contribution in [2.75, 3.05) is 0 Å². The van der Waals surface area contributed by atoms with Crippen molar-refractivity contribution in [2.24, 2.45) is 11.7 Å². The predicted molar refractivity (Wildman–Crippen MR) is 64.8 cm³/mol. The summed E-state index contributed by atoms with van der Waals surface area (Å²) >= 11 is 0. The van der Waals surface area contributed by atoms with Crippen molar-refractivity contribution in [1.29, 1.82) is 0 Å². The van der Waals surface area contributed by atoms with E-state index in [2.05, 4.69) is 33.1 Å². The number of hydrogen-bond acceptors (Lipinski definition) is 1. The second-order valence-electron chi connectivity index (χ2n) is 3.90. The summed E-state index contributed by atoms with van der Waals surface area (Å²) in [4.78, 5) is 0. The summed E-state index contributed by atoms with van der Waals surface area (Å²) in [5.41, 5.74) is 9.35. The molecule has 0 unspecified atom stereocenters. The smallest absolute Gasteiger partial charge is 0.0273 e. The van der Waals surface area contributed by atoms with Gasteiger partial charge in [0.05, 0.1) is 0 Å². The third-order valence-electron chi connectivity index (χ3n) is 2.21. The minimum Gasteiger partial charge on any atom is -0.399 e. The van der Waals surface area contributed by atoms with Crippen molar-refractivity contribution in [2.45, 2.75) is 27.7 Å². The first kappa shape index (κ1) is 12.8. The Morgan fingerprint density at radius 1 is 1.14 bits per heavy atom. The van der Waals surface area contributed by atoms with Crippen molar-refractivity contribution in [3.63, 3.8) is 0 Å². The van der Waals surface area contributed by atoms with E-state index in [9.17, 15) is 0 Å². The molecule has 2 N–H and O–H groups in total. The highest BCUT2D eigenvalue weighted by Crippen LogP contribution is 2.17. The van der Waals surface area contributed by atoms with Gasteiger partial charge in [-0.25, -0.2) is 0 Å². The van der Waals surface area contributed by atoms with E-state index in [0.29, 0.717) is 11.6 Å². The monoisotopic (exact) mass is 191 g/mol. The molecule has 0 amide bonds. The Balaban J connectivity index is 4.71. The van der Waals surface area contributed by atoms with Gasteiger partial charge >= 0.3 is 0 Å². The first-order valence-electron chi connectivity index (χ1n) is 4.86. The molecule has 14 heavy (non-hydrogen) atoms. The molecule has 0 aromatic rings. The topological polar surface area (TPSA) is 26.0 Å². The van der Waals surface area contributed by atoms with Crippen LogP contribution in [-0.4, -0.2) is 0 Å². The second kappa shape index (κ2) is 5.48. The summed E-state index contributed by atoms with van der Waals surface area (Å²) < 4.78 is 0. The molecular formula is C13H21N. The number of allylic oxidation sites excluding steroid dienone is 5. The van der Waals surface area contributed by atoms with E-state index < -0.39 is 0 Å². The van der Waals surface area contributed by atoms with Crippen molar-refractivity contribution >= 4 is 0 Å². The van der Waals surface area contributed by atoms with Crippen molar-refractivity contribution < 1.29 is 0 Å². The van der Waals surface area contributed by atoms with E-state index in [-0.39, 0.29) is 0 Å². The molecular weight excluding hydrogens is 170 g/mol. The summed E-state index contributed by atoms with van der Waals surface area (Å²) in [7, 11) is 0. The molecule has 0 spiro atoms. The summed E-state index contributed by atoms with van der Waals surface area (Å²) in [6.07, 6.45) is 4.16. The molecule has 0 aromatic carbocycles. The maximum absolute atomic E-state index is 5.61. The van der Waals surface area contributed by atoms with Crippen LogP contribution >= 0.6 is 0 Å². The molecule has 0 fully saturated rings. The fraction of sp³-hybridized carbons (Fsp3) is 0.385. The summed E-state index contributed by atoms with van der Waals surface area (Å²) in [6, 6.07) is 0. The number of rotatable bonds is 4. The van der Waals surface area contributed by atoms with Crippen LogP contribution in [0.25, 0.3) is 0 Å². The normalized spacial score (nSPS) is 13.2. The largest absolute Gasteiger partial charge is 0.399 e. The zero-order valence-electron chi connectivity index (χ0n) is 9.72. The van der Waals surface area contributed by atoms with Gasteiger partial charge < -0.3 is 5.73 Å². The molecule has 1 heteroatoms. The molecule has 0 aromatic heterocycles. The summed E-state index contributed by atoms with van der Waals surface area (Å²) in [5, 5.41) is 0. The molecule has 0 aliphatic rings. The van der Waals surface area contributed by atoms with E-state index in [1.807, 2.05) is 19.9 Å². The van der Waals surface area contributed by atoms with E-state index in [1.165, 1.54) is 0 Å². The fourth-order valence-corrected chi connectivity index (χ4v) is 0.915. The zero-order valence-corrected chi connectivity index (χ0v) is 9.72. The van der Waals surface area contributed by atoms with Gasteiger partial charge in [0.15, 0.2) is 0 Å². The van der Waals surface area contributed by atoms with E-state index in [4.69, 9.17) is 5.73 Å². The van der Waals surface area contributed by atoms with Gasteiger partial charge in [-0.15, -0.1) is 0 Å². The number of nitrogens with two attached hydrogens (primary N) is 1. The second-order valence-corrected chi connectivity index (χ2v) is 3.90. The van der Waals surface area contributed by atoms with Gasteiger partial charge in [0.25, 0.3) is 0 Å². The first-order valence-corrected chi connectivity index (χ1v) is 4.86. The molecule has 0 saturated heterocycles. The van der Waals surface area contributed by atoms with E-state index in [1.54, 1.807) is 0 Å². The minimum absolute atomic E-state index is 0.543. The third kappa shape index (κ3) is 4.13. The van der Waals surface area contributed by atoms with Gasteiger partial charge in [0, 0.05) is 5.70 Å². The molecule has 0 rings (SSSR count). The SMILES string of the molecule is C=C(N)/C(C)=C(/C)C(=C)/C=C/C(C)C. The van der Waals surface area contributed by atoms with Gasteiger partial charge in [-0.05, 0) is 36.5 Å². The van der Waals surface area contributed by atoms with Crippen LogP contribution in [0.4, 0.5) is 0 Å². The average molecular weight is 191 g/mol. The van der Waals surface area contributed by atoms with Crippen LogP contribution in [0.3, 0.4) is 0 Å². The molecule has 1 nitrogen and oxygen atoms in total. The Morgan fingerprint density at radius 3 is 2.00 bits per heavy atom. The Kier molecular flexibility index (Phi) is 5.00. The van der Waals surface area contributed by atoms with Crippen LogP contribution in [0, 0.1) is 5.92 Å². The highest BCUT2D eigenvalue weighted by atomic mass is 14.6. The lowest BCUT2D eigenvalue weighted by Crippen LogP contribution is -1.99. The van der Waals surface area contributed by atoms with Crippen molar-refractivity contribution in [3.05, 3.63) is 47.7 Å². The fourth-order valence-electron chi connectivity index (χ4n) is 0.915. The highest BCUT2D eigenvalue weighted by Gasteiger charge is 2.00. The lowest BCUT2D eigenvalue weighted by Gasteiger charge is -2.07. The van der Waals surface area contributed by atoms with E-state index in [0.717, 1.165) is 16.7 Å². The highest BCUT2D eigenvalue weighted by molar-refractivity contribution is 5.44. The van der Waals surface area contributed by atoms with Crippen molar-refractivity contribution in [1.82, 2.24) is 0 Å². The first-order chi connectivity index (χ1) is 6.36. The average Bonchev–Trinajstić information content (AvgIpc) is 2.11. The molecule has 0 atom stereocenters. The molecule has 0 saturated carbocycles. The van der Waals surface area contributed by atoms with Gasteiger partial charge in [-0.3, -0.25) is 0 Å². The maximum atomic E-state index is 5.61. The minimum atomic E-state index is 0.543. The molecule has 0 radical (unpaired) electrons. The van der Waals surface area contributed by atoms with Crippen molar-refractivity contribution in [3.8, 4) is 0 Å². The zero-order chi connectivity index (χ0) is 11.3.